The molecular formula is C6H7ClN2O. The van der Waals surface area contributed by atoms with E-state index in [1.807, 2.05) is 0 Å². The Morgan fingerprint density at radius 1 is 1.60 bits per heavy atom. The van der Waals surface area contributed by atoms with Crippen molar-refractivity contribution in [3.05, 3.63) is 23.5 Å². The average molecular weight is 159 g/mol. The Balaban J connectivity index is 2.69. The van der Waals surface area contributed by atoms with Gasteiger partial charge in [-0.3, -0.25) is 0 Å². The molecule has 0 spiro atoms. The van der Waals surface area contributed by atoms with Crippen molar-refractivity contribution >= 4 is 17.3 Å². The predicted octanol–water partition coefficient (Wildman–Crippen LogP) is 1.10. The van der Waals surface area contributed by atoms with Gasteiger partial charge in [0.15, 0.2) is 0 Å². The van der Waals surface area contributed by atoms with Crippen LogP contribution in [0.3, 0.4) is 0 Å². The molecule has 0 amide bonds. The van der Waals surface area contributed by atoms with Crippen LogP contribution < -0.4 is 5.32 Å². The molecule has 0 unspecified atom stereocenters. The van der Waals surface area contributed by atoms with Gasteiger partial charge in [0, 0.05) is 0 Å². The summed E-state index contributed by atoms with van der Waals surface area (Å²) in [6, 6.07) is 3.39. The number of nitrogens with zero attached hydrogens (tertiary/aromatic N) is 1. The van der Waals surface area contributed by atoms with E-state index in [1.165, 1.54) is 0 Å². The van der Waals surface area contributed by atoms with Gasteiger partial charge in [0.1, 0.15) is 11.9 Å². The molecule has 10 heavy (non-hydrogen) atoms. The smallest absolute Gasteiger partial charge is 0.129 e. The fourth-order valence-electron chi connectivity index (χ4n) is 0.572. The Morgan fingerprint density at radius 2 is 2.40 bits per heavy atom. The Kier molecular flexibility index (Phi) is 2.48. The lowest BCUT2D eigenvalue weighted by Gasteiger charge is -1.99. The average Bonchev–Trinajstić information content (AvgIpc) is 1.95. The molecule has 1 heterocycles. The molecule has 1 aromatic rings. The number of hydrogen-bond acceptors (Lipinski definition) is 3. The fraction of sp³-hybridized carbons (Fsp3) is 0.167. The first-order chi connectivity index (χ1) is 4.83. The first-order valence-electron chi connectivity index (χ1n) is 2.79. The molecule has 0 aliphatic heterocycles. The molecule has 4 heteroatoms. The molecule has 0 saturated carbocycles. The van der Waals surface area contributed by atoms with Gasteiger partial charge in [0.25, 0.3) is 0 Å². The SMILES string of the molecule is OCNc1ccc(Cl)nc1. The van der Waals surface area contributed by atoms with Gasteiger partial charge in [-0.05, 0) is 12.1 Å². The quantitative estimate of drug-likeness (QED) is 0.501. The van der Waals surface area contributed by atoms with Gasteiger partial charge in [-0.1, -0.05) is 11.6 Å². The molecule has 0 bridgehead atoms. The zero-order valence-corrected chi connectivity index (χ0v) is 5.97. The zero-order valence-electron chi connectivity index (χ0n) is 5.21. The lowest BCUT2D eigenvalue weighted by Crippen LogP contribution is -1.98. The second-order valence-electron chi connectivity index (χ2n) is 1.70. The van der Waals surface area contributed by atoms with E-state index in [0.29, 0.717) is 5.15 Å². The lowest BCUT2D eigenvalue weighted by atomic mass is 10.4. The third kappa shape index (κ3) is 1.86. The molecule has 1 rings (SSSR count). The van der Waals surface area contributed by atoms with E-state index in [-0.39, 0.29) is 6.73 Å². The molecule has 0 aliphatic rings. The summed E-state index contributed by atoms with van der Waals surface area (Å²) in [7, 11) is 0. The molecule has 0 aromatic carbocycles. The first-order valence-corrected chi connectivity index (χ1v) is 3.17. The molecule has 0 atom stereocenters. The highest BCUT2D eigenvalue weighted by atomic mass is 35.5. The van der Waals surface area contributed by atoms with E-state index in [9.17, 15) is 0 Å². The summed E-state index contributed by atoms with van der Waals surface area (Å²) < 4.78 is 0. The number of aliphatic hydroxyl groups is 1. The zero-order chi connectivity index (χ0) is 7.40. The molecule has 3 nitrogen and oxygen atoms in total. The van der Waals surface area contributed by atoms with E-state index >= 15 is 0 Å². The van der Waals surface area contributed by atoms with E-state index in [4.69, 9.17) is 16.7 Å². The van der Waals surface area contributed by atoms with Crippen LogP contribution in [0.2, 0.25) is 5.15 Å². The number of nitrogens with one attached hydrogen (secondary N) is 1. The highest BCUT2D eigenvalue weighted by Crippen LogP contribution is 2.08. The van der Waals surface area contributed by atoms with Gasteiger partial charge in [-0.15, -0.1) is 0 Å². The van der Waals surface area contributed by atoms with Crippen molar-refractivity contribution in [3.8, 4) is 0 Å². The summed E-state index contributed by atoms with van der Waals surface area (Å²) in [5, 5.41) is 11.5. The summed E-state index contributed by atoms with van der Waals surface area (Å²) in [5.41, 5.74) is 0.756. The molecule has 0 aliphatic carbocycles. The molecule has 0 radical (unpaired) electrons. The van der Waals surface area contributed by atoms with Gasteiger partial charge in [0.2, 0.25) is 0 Å². The van der Waals surface area contributed by atoms with Crippen molar-refractivity contribution in [2.75, 3.05) is 12.0 Å². The Labute approximate surface area is 63.7 Å². The number of halogens is 1. The maximum Gasteiger partial charge on any atom is 0.129 e. The number of hydrogen-bond donors (Lipinski definition) is 2. The number of pyridine rings is 1. The molecule has 2 N–H and O–H groups in total. The van der Waals surface area contributed by atoms with Crippen LogP contribution in [-0.2, 0) is 0 Å². The van der Waals surface area contributed by atoms with E-state index in [0.717, 1.165) is 5.69 Å². The summed E-state index contributed by atoms with van der Waals surface area (Å²) in [5.74, 6) is 0. The second-order valence-corrected chi connectivity index (χ2v) is 2.09. The highest BCUT2D eigenvalue weighted by molar-refractivity contribution is 6.29. The van der Waals surface area contributed by atoms with Crippen molar-refractivity contribution in [1.29, 1.82) is 0 Å². The highest BCUT2D eigenvalue weighted by Gasteiger charge is 1.89. The van der Waals surface area contributed by atoms with Crippen LogP contribution >= 0.6 is 11.6 Å². The van der Waals surface area contributed by atoms with E-state index in [2.05, 4.69) is 10.3 Å². The Morgan fingerprint density at radius 3 is 2.90 bits per heavy atom. The van der Waals surface area contributed by atoms with Crippen molar-refractivity contribution in [2.45, 2.75) is 0 Å². The molecule has 0 fully saturated rings. The fourth-order valence-corrected chi connectivity index (χ4v) is 0.683. The monoisotopic (exact) mass is 158 g/mol. The topological polar surface area (TPSA) is 45.1 Å². The van der Waals surface area contributed by atoms with Crippen LogP contribution in [0, 0.1) is 0 Å². The minimum Gasteiger partial charge on any atom is -0.377 e. The van der Waals surface area contributed by atoms with Crippen molar-refractivity contribution in [3.63, 3.8) is 0 Å². The summed E-state index contributed by atoms with van der Waals surface area (Å²) in [6.45, 7) is -0.0939. The van der Waals surface area contributed by atoms with Crippen molar-refractivity contribution in [2.24, 2.45) is 0 Å². The number of aromatic nitrogens is 1. The van der Waals surface area contributed by atoms with Gasteiger partial charge in [-0.2, -0.15) is 0 Å². The van der Waals surface area contributed by atoms with Crippen LogP contribution in [0.1, 0.15) is 0 Å². The Bertz CT molecular complexity index is 199. The van der Waals surface area contributed by atoms with Crippen molar-refractivity contribution in [1.82, 2.24) is 4.98 Å². The maximum atomic E-state index is 8.42. The predicted molar refractivity (Wildman–Crippen MR) is 40.0 cm³/mol. The summed E-state index contributed by atoms with van der Waals surface area (Å²) in [4.78, 5) is 3.79. The van der Waals surface area contributed by atoms with Crippen LogP contribution in [-0.4, -0.2) is 16.8 Å². The van der Waals surface area contributed by atoms with Gasteiger partial charge in [0.05, 0.1) is 11.9 Å². The minimum absolute atomic E-state index is 0.0939. The standard InChI is InChI=1S/C6H7ClN2O/c7-6-2-1-5(3-8-6)9-4-10/h1-3,9-10H,4H2. The molecule has 1 aromatic heterocycles. The first kappa shape index (κ1) is 7.31. The molecule has 54 valence electrons. The van der Waals surface area contributed by atoms with Crippen LogP contribution in [0.25, 0.3) is 0 Å². The van der Waals surface area contributed by atoms with E-state index < -0.39 is 0 Å². The maximum absolute atomic E-state index is 8.42. The third-order valence-electron chi connectivity index (χ3n) is 1.01. The second kappa shape index (κ2) is 3.39. The van der Waals surface area contributed by atoms with Gasteiger partial charge < -0.3 is 10.4 Å². The molecule has 0 saturated heterocycles. The molecular weight excluding hydrogens is 152 g/mol. The normalized spacial score (nSPS) is 9.40. The summed E-state index contributed by atoms with van der Waals surface area (Å²) >= 11 is 5.51. The largest absolute Gasteiger partial charge is 0.377 e. The van der Waals surface area contributed by atoms with Gasteiger partial charge in [-0.25, -0.2) is 4.98 Å². The van der Waals surface area contributed by atoms with Crippen LogP contribution in [0.5, 0.6) is 0 Å². The minimum atomic E-state index is -0.0939. The number of aliphatic hydroxyl groups excluding tert-OH is 1. The van der Waals surface area contributed by atoms with Crippen LogP contribution in [0.15, 0.2) is 18.3 Å². The number of anilines is 1. The van der Waals surface area contributed by atoms with E-state index in [1.54, 1.807) is 18.3 Å². The lowest BCUT2D eigenvalue weighted by molar-refractivity contribution is 0.325. The summed E-state index contributed by atoms with van der Waals surface area (Å²) in [6.07, 6.45) is 1.55. The van der Waals surface area contributed by atoms with Crippen LogP contribution in [0.4, 0.5) is 5.69 Å². The van der Waals surface area contributed by atoms with Crippen molar-refractivity contribution < 1.29 is 5.11 Å². The third-order valence-corrected chi connectivity index (χ3v) is 1.23. The number of rotatable bonds is 2. The Hall–Kier alpha value is -0.800. The van der Waals surface area contributed by atoms with Gasteiger partial charge >= 0.3 is 0 Å².